The molecule has 0 amide bonds. The summed E-state index contributed by atoms with van der Waals surface area (Å²) in [6.07, 6.45) is 0. The normalized spacial score (nSPS) is 15.4. The lowest BCUT2D eigenvalue weighted by Gasteiger charge is -2.33. The van der Waals surface area contributed by atoms with E-state index in [1.165, 1.54) is 5.56 Å². The van der Waals surface area contributed by atoms with Crippen LogP contribution in [0.25, 0.3) is 22.1 Å². The van der Waals surface area contributed by atoms with Crippen molar-refractivity contribution < 1.29 is 4.42 Å². The maximum Gasteiger partial charge on any atom is 0.298 e. The van der Waals surface area contributed by atoms with Crippen LogP contribution in [-0.4, -0.2) is 41.1 Å². The van der Waals surface area contributed by atoms with Gasteiger partial charge in [-0.25, -0.2) is 4.98 Å². The number of anilines is 2. The van der Waals surface area contributed by atoms with E-state index in [4.69, 9.17) is 9.40 Å². The molecule has 2 aromatic heterocycles. The fourth-order valence-corrected chi connectivity index (χ4v) is 3.36. The van der Waals surface area contributed by atoms with E-state index in [9.17, 15) is 0 Å². The first kappa shape index (κ1) is 14.3. The Morgan fingerprint density at radius 3 is 2.56 bits per heavy atom. The van der Waals surface area contributed by atoms with Gasteiger partial charge in [0.25, 0.3) is 6.01 Å². The van der Waals surface area contributed by atoms with Gasteiger partial charge in [0, 0.05) is 26.2 Å². The highest BCUT2D eigenvalue weighted by Gasteiger charge is 2.22. The summed E-state index contributed by atoms with van der Waals surface area (Å²) in [6, 6.07) is 14.9. The van der Waals surface area contributed by atoms with E-state index in [1.54, 1.807) is 0 Å². The molecule has 1 saturated heterocycles. The first-order valence-electron chi connectivity index (χ1n) is 8.58. The Hall–Kier alpha value is -3.02. The lowest BCUT2D eigenvalue weighted by atomic mass is 10.2. The van der Waals surface area contributed by atoms with Crippen LogP contribution >= 0.6 is 0 Å². The molecule has 1 aliphatic rings. The first-order valence-corrected chi connectivity index (χ1v) is 8.58. The van der Waals surface area contributed by atoms with E-state index in [-0.39, 0.29) is 0 Å². The fraction of sp³-hybridized carbons (Fsp3) is 0.263. The second-order valence-electron chi connectivity index (χ2n) is 6.52. The summed E-state index contributed by atoms with van der Waals surface area (Å²) in [5, 5.41) is 0. The molecule has 1 aliphatic heterocycles. The fourth-order valence-electron chi connectivity index (χ4n) is 3.36. The van der Waals surface area contributed by atoms with Crippen molar-refractivity contribution in [2.24, 2.45) is 0 Å². The van der Waals surface area contributed by atoms with Crippen LogP contribution in [0.4, 0.5) is 12.0 Å². The van der Waals surface area contributed by atoms with Gasteiger partial charge in [-0.05, 0) is 36.8 Å². The van der Waals surface area contributed by atoms with Crippen molar-refractivity contribution in [2.45, 2.75) is 6.92 Å². The molecule has 5 rings (SSSR count). The van der Waals surface area contributed by atoms with Gasteiger partial charge >= 0.3 is 0 Å². The average Bonchev–Trinajstić information content (AvgIpc) is 3.25. The molecule has 0 bridgehead atoms. The number of imidazole rings is 1. The van der Waals surface area contributed by atoms with Crippen LogP contribution in [0.5, 0.6) is 0 Å². The highest BCUT2D eigenvalue weighted by molar-refractivity contribution is 5.77. The molecule has 0 saturated carbocycles. The number of piperazine rings is 1. The molecular weight excluding hydrogens is 314 g/mol. The van der Waals surface area contributed by atoms with Crippen LogP contribution in [0, 0.1) is 6.92 Å². The predicted octanol–water partition coefficient (Wildman–Crippen LogP) is 3.34. The van der Waals surface area contributed by atoms with Crippen molar-refractivity contribution in [3.63, 3.8) is 0 Å². The van der Waals surface area contributed by atoms with Crippen molar-refractivity contribution in [3.05, 3.63) is 48.0 Å². The van der Waals surface area contributed by atoms with Gasteiger partial charge in [-0.15, -0.1) is 0 Å². The summed E-state index contributed by atoms with van der Waals surface area (Å²) in [4.78, 5) is 17.2. The van der Waals surface area contributed by atoms with E-state index >= 15 is 0 Å². The van der Waals surface area contributed by atoms with Crippen LogP contribution in [0.15, 0.2) is 46.9 Å². The lowest BCUT2D eigenvalue weighted by Crippen LogP contribution is -2.47. The number of benzene rings is 2. The molecule has 0 unspecified atom stereocenters. The van der Waals surface area contributed by atoms with Crippen LogP contribution in [0.1, 0.15) is 5.56 Å². The predicted molar refractivity (Wildman–Crippen MR) is 99.3 cm³/mol. The molecule has 6 nitrogen and oxygen atoms in total. The van der Waals surface area contributed by atoms with Gasteiger partial charge in [0.15, 0.2) is 5.58 Å². The standard InChI is InChI=1S/C19H19N5O/c1-13-6-7-17-16(12-13)22-19(25-17)24-10-8-23(9-11-24)18-20-14-4-2-3-5-15(14)21-18/h2-7,12H,8-11H2,1H3,(H,20,21). The first-order chi connectivity index (χ1) is 12.3. The molecule has 25 heavy (non-hydrogen) atoms. The molecule has 0 atom stereocenters. The van der Waals surface area contributed by atoms with E-state index in [2.05, 4.69) is 44.9 Å². The number of rotatable bonds is 2. The molecule has 1 fully saturated rings. The van der Waals surface area contributed by atoms with E-state index in [1.807, 2.05) is 24.3 Å². The topological polar surface area (TPSA) is 61.2 Å². The average molecular weight is 333 g/mol. The zero-order valence-electron chi connectivity index (χ0n) is 14.1. The highest BCUT2D eigenvalue weighted by Crippen LogP contribution is 2.25. The van der Waals surface area contributed by atoms with E-state index in [0.29, 0.717) is 6.01 Å². The minimum absolute atomic E-state index is 0.713. The minimum Gasteiger partial charge on any atom is -0.423 e. The molecule has 3 heterocycles. The third-order valence-electron chi connectivity index (χ3n) is 4.76. The van der Waals surface area contributed by atoms with Crippen molar-refractivity contribution in [2.75, 3.05) is 36.0 Å². The third kappa shape index (κ3) is 2.50. The number of H-pyrrole nitrogens is 1. The van der Waals surface area contributed by atoms with Gasteiger partial charge in [-0.2, -0.15) is 4.98 Å². The Labute approximate surface area is 145 Å². The minimum atomic E-state index is 0.713. The molecule has 2 aromatic carbocycles. The van der Waals surface area contributed by atoms with Crippen LogP contribution < -0.4 is 9.80 Å². The number of aromatic amines is 1. The number of hydrogen-bond acceptors (Lipinski definition) is 5. The maximum absolute atomic E-state index is 5.92. The SMILES string of the molecule is Cc1ccc2oc(N3CCN(c4nc5ccccc5[nH]4)CC3)nc2c1. The summed E-state index contributed by atoms with van der Waals surface area (Å²) < 4.78 is 5.92. The van der Waals surface area contributed by atoms with Crippen LogP contribution in [-0.2, 0) is 0 Å². The smallest absolute Gasteiger partial charge is 0.298 e. The summed E-state index contributed by atoms with van der Waals surface area (Å²) in [5.74, 6) is 0.939. The van der Waals surface area contributed by atoms with E-state index < -0.39 is 0 Å². The van der Waals surface area contributed by atoms with Gasteiger partial charge in [-0.3, -0.25) is 0 Å². The number of oxazole rings is 1. The van der Waals surface area contributed by atoms with Gasteiger partial charge in [0.2, 0.25) is 5.95 Å². The Morgan fingerprint density at radius 1 is 0.920 bits per heavy atom. The quantitative estimate of drug-likeness (QED) is 0.610. The number of hydrogen-bond donors (Lipinski definition) is 1. The zero-order valence-corrected chi connectivity index (χ0v) is 14.1. The second-order valence-corrected chi connectivity index (χ2v) is 6.52. The van der Waals surface area contributed by atoms with Crippen molar-refractivity contribution in [3.8, 4) is 0 Å². The summed E-state index contributed by atoms with van der Waals surface area (Å²) in [6.45, 7) is 5.57. The molecule has 126 valence electrons. The number of aromatic nitrogens is 3. The van der Waals surface area contributed by atoms with Crippen LogP contribution in [0.2, 0.25) is 0 Å². The summed E-state index contributed by atoms with van der Waals surface area (Å²) >= 11 is 0. The molecule has 1 N–H and O–H groups in total. The van der Waals surface area contributed by atoms with Crippen LogP contribution in [0.3, 0.4) is 0 Å². The van der Waals surface area contributed by atoms with Gasteiger partial charge in [0.05, 0.1) is 11.0 Å². The molecule has 0 spiro atoms. The lowest BCUT2D eigenvalue weighted by molar-refractivity contribution is 0.539. The number of nitrogens with one attached hydrogen (secondary N) is 1. The molecule has 0 radical (unpaired) electrons. The van der Waals surface area contributed by atoms with Crippen molar-refractivity contribution in [1.82, 2.24) is 15.0 Å². The Morgan fingerprint density at radius 2 is 1.72 bits per heavy atom. The highest BCUT2D eigenvalue weighted by atomic mass is 16.4. The third-order valence-corrected chi connectivity index (χ3v) is 4.76. The molecule has 4 aromatic rings. The number of para-hydroxylation sites is 2. The summed E-state index contributed by atoms with van der Waals surface area (Å²) in [5.41, 5.74) is 5.06. The van der Waals surface area contributed by atoms with Gasteiger partial charge in [-0.1, -0.05) is 18.2 Å². The largest absolute Gasteiger partial charge is 0.423 e. The summed E-state index contributed by atoms with van der Waals surface area (Å²) in [7, 11) is 0. The second kappa shape index (κ2) is 5.51. The molecule has 0 aliphatic carbocycles. The Balaban J connectivity index is 1.34. The number of aryl methyl sites for hydroxylation is 1. The van der Waals surface area contributed by atoms with E-state index in [0.717, 1.165) is 54.3 Å². The number of fused-ring (bicyclic) bond motifs is 2. The van der Waals surface area contributed by atoms with Crippen molar-refractivity contribution >= 4 is 34.1 Å². The number of nitrogens with zero attached hydrogens (tertiary/aromatic N) is 4. The Bertz CT molecular complexity index is 1010. The maximum atomic E-state index is 5.92. The molecular formula is C19H19N5O. The monoisotopic (exact) mass is 333 g/mol. The van der Waals surface area contributed by atoms with Gasteiger partial charge in [0.1, 0.15) is 5.52 Å². The molecule has 6 heteroatoms. The van der Waals surface area contributed by atoms with Crippen molar-refractivity contribution in [1.29, 1.82) is 0 Å². The Kier molecular flexibility index (Phi) is 3.16. The zero-order chi connectivity index (χ0) is 16.8. The van der Waals surface area contributed by atoms with Gasteiger partial charge < -0.3 is 19.2 Å².